The van der Waals surface area contributed by atoms with Crippen molar-refractivity contribution in [3.63, 3.8) is 0 Å². The molecular weight excluding hydrogens is 368 g/mol. The van der Waals surface area contributed by atoms with Gasteiger partial charge in [-0.2, -0.15) is 0 Å². The third kappa shape index (κ3) is 3.64. The molecule has 0 radical (unpaired) electrons. The van der Waals surface area contributed by atoms with Crippen LogP contribution in [-0.2, 0) is 12.8 Å². The third-order valence-corrected chi connectivity index (χ3v) is 5.34. The fraction of sp³-hybridized carbons (Fsp3) is 0.0741. The summed E-state index contributed by atoms with van der Waals surface area (Å²) >= 11 is 0. The van der Waals surface area contributed by atoms with Gasteiger partial charge in [-0.15, -0.1) is 0 Å². The minimum absolute atomic E-state index is 0.0598. The average Bonchev–Trinajstić information content (AvgIpc) is 3.25. The van der Waals surface area contributed by atoms with Gasteiger partial charge in [-0.1, -0.05) is 48.2 Å². The van der Waals surface area contributed by atoms with Gasteiger partial charge in [-0.25, -0.2) is 0 Å². The van der Waals surface area contributed by atoms with Gasteiger partial charge in [0.15, 0.2) is 5.43 Å². The summed E-state index contributed by atoms with van der Waals surface area (Å²) in [5.41, 5.74) is 5.91. The lowest BCUT2D eigenvalue weighted by molar-refractivity contribution is 1.15. The Kier molecular flexibility index (Phi) is 4.67. The molecule has 0 fully saturated rings. The second-order valence-electron chi connectivity index (χ2n) is 7.44. The lowest BCUT2D eigenvalue weighted by Gasteiger charge is -2.05. The van der Waals surface area contributed by atoms with Crippen LogP contribution in [0.4, 0.5) is 0 Å². The highest BCUT2D eigenvalue weighted by atomic mass is 16.1. The zero-order valence-corrected chi connectivity index (χ0v) is 16.4. The summed E-state index contributed by atoms with van der Waals surface area (Å²) in [7, 11) is 0. The van der Waals surface area contributed by atoms with Crippen molar-refractivity contribution in [3.8, 4) is 11.8 Å². The monoisotopic (exact) mass is 388 g/mol. The summed E-state index contributed by atoms with van der Waals surface area (Å²) in [6.45, 7) is 0. The molecule has 0 atom stereocenters. The second kappa shape index (κ2) is 7.77. The van der Waals surface area contributed by atoms with Crippen LogP contribution in [0.25, 0.3) is 21.8 Å². The molecule has 0 unspecified atom stereocenters. The van der Waals surface area contributed by atoms with Gasteiger partial charge >= 0.3 is 0 Å². The van der Waals surface area contributed by atoms with E-state index in [0.29, 0.717) is 18.2 Å². The van der Waals surface area contributed by atoms with Crippen molar-refractivity contribution in [3.05, 3.63) is 118 Å². The number of aromatic nitrogens is 2. The third-order valence-electron chi connectivity index (χ3n) is 5.34. The predicted molar refractivity (Wildman–Crippen MR) is 123 cm³/mol. The van der Waals surface area contributed by atoms with Crippen molar-refractivity contribution in [2.75, 3.05) is 0 Å². The fourth-order valence-corrected chi connectivity index (χ4v) is 3.75. The van der Waals surface area contributed by atoms with Crippen molar-refractivity contribution in [2.45, 2.75) is 12.8 Å². The van der Waals surface area contributed by atoms with Crippen LogP contribution in [0, 0.1) is 11.8 Å². The summed E-state index contributed by atoms with van der Waals surface area (Å²) in [6.07, 6.45) is 5.04. The van der Waals surface area contributed by atoms with E-state index in [2.05, 4.69) is 52.1 Å². The molecule has 3 heteroatoms. The maximum Gasteiger partial charge on any atom is 0.192 e. The molecule has 2 heterocycles. The standard InChI is InChI=1S/C27H20N2O/c30-27-23(16-21-10-11-25-22(15-21)13-14-28-25)18-29-26-12-9-20(17-24(26)27)8-4-7-19-5-2-1-3-6-19/h1-3,5-6,9-15,17-18,28H,7,16H2,(H,29,30). The summed E-state index contributed by atoms with van der Waals surface area (Å²) in [5.74, 6) is 6.40. The van der Waals surface area contributed by atoms with Crippen molar-refractivity contribution >= 4 is 21.8 Å². The molecule has 2 N–H and O–H groups in total. The zero-order chi connectivity index (χ0) is 20.3. The molecule has 0 amide bonds. The van der Waals surface area contributed by atoms with Gasteiger partial charge in [0.1, 0.15) is 0 Å². The Bertz CT molecular complexity index is 1460. The molecule has 3 aromatic carbocycles. The number of H-pyrrole nitrogens is 2. The molecule has 5 rings (SSSR count). The molecule has 3 nitrogen and oxygen atoms in total. The normalized spacial score (nSPS) is 10.8. The Morgan fingerprint density at radius 1 is 0.800 bits per heavy atom. The highest BCUT2D eigenvalue weighted by Gasteiger charge is 2.07. The Labute approximate surface area is 174 Å². The Morgan fingerprint density at radius 3 is 2.57 bits per heavy atom. The van der Waals surface area contributed by atoms with Gasteiger partial charge in [0.25, 0.3) is 0 Å². The van der Waals surface area contributed by atoms with E-state index in [1.165, 1.54) is 5.56 Å². The van der Waals surface area contributed by atoms with Gasteiger partial charge in [0.05, 0.1) is 0 Å². The first-order valence-corrected chi connectivity index (χ1v) is 9.99. The number of hydrogen-bond acceptors (Lipinski definition) is 1. The quantitative estimate of drug-likeness (QED) is 0.410. The lowest BCUT2D eigenvalue weighted by atomic mass is 10.0. The van der Waals surface area contributed by atoms with Crippen molar-refractivity contribution in [2.24, 2.45) is 0 Å². The lowest BCUT2D eigenvalue weighted by Crippen LogP contribution is -2.10. The molecule has 0 aliphatic carbocycles. The van der Waals surface area contributed by atoms with E-state index >= 15 is 0 Å². The number of rotatable bonds is 3. The maximum atomic E-state index is 13.1. The van der Waals surface area contributed by atoms with Crippen LogP contribution in [0.2, 0.25) is 0 Å². The topological polar surface area (TPSA) is 48.6 Å². The van der Waals surface area contributed by atoms with E-state index in [1.807, 2.05) is 54.9 Å². The molecule has 2 aromatic heterocycles. The summed E-state index contributed by atoms with van der Waals surface area (Å²) in [6, 6.07) is 24.2. The minimum atomic E-state index is 0.0598. The summed E-state index contributed by atoms with van der Waals surface area (Å²) in [5, 5.41) is 1.84. The van der Waals surface area contributed by atoms with Crippen LogP contribution in [0.5, 0.6) is 0 Å². The van der Waals surface area contributed by atoms with Crippen LogP contribution in [0.1, 0.15) is 22.3 Å². The van der Waals surface area contributed by atoms with Crippen LogP contribution < -0.4 is 5.43 Å². The highest BCUT2D eigenvalue weighted by Crippen LogP contribution is 2.17. The second-order valence-corrected chi connectivity index (χ2v) is 7.44. The van der Waals surface area contributed by atoms with Gasteiger partial charge in [0, 0.05) is 52.8 Å². The van der Waals surface area contributed by atoms with Crippen molar-refractivity contribution in [1.29, 1.82) is 0 Å². The number of nitrogens with one attached hydrogen (secondary N) is 2. The number of pyridine rings is 1. The first kappa shape index (κ1) is 18.0. The first-order chi connectivity index (χ1) is 14.8. The molecule has 30 heavy (non-hydrogen) atoms. The van der Waals surface area contributed by atoms with Crippen LogP contribution >= 0.6 is 0 Å². The summed E-state index contributed by atoms with van der Waals surface area (Å²) < 4.78 is 0. The molecule has 5 aromatic rings. The van der Waals surface area contributed by atoms with Gasteiger partial charge in [-0.3, -0.25) is 4.79 Å². The molecule has 0 saturated heterocycles. The molecule has 0 saturated carbocycles. The number of hydrogen-bond donors (Lipinski definition) is 2. The number of benzene rings is 3. The van der Waals surface area contributed by atoms with Gasteiger partial charge in [0.2, 0.25) is 0 Å². The Balaban J connectivity index is 1.44. The number of fused-ring (bicyclic) bond motifs is 2. The fourth-order valence-electron chi connectivity index (χ4n) is 3.75. The van der Waals surface area contributed by atoms with Crippen molar-refractivity contribution in [1.82, 2.24) is 9.97 Å². The van der Waals surface area contributed by atoms with Crippen LogP contribution in [0.3, 0.4) is 0 Å². The van der Waals surface area contributed by atoms with Gasteiger partial charge in [-0.05, 0) is 52.9 Å². The van der Waals surface area contributed by atoms with E-state index in [-0.39, 0.29) is 5.43 Å². The van der Waals surface area contributed by atoms with Crippen molar-refractivity contribution < 1.29 is 0 Å². The van der Waals surface area contributed by atoms with Gasteiger partial charge < -0.3 is 9.97 Å². The molecule has 144 valence electrons. The van der Waals surface area contributed by atoms with Crippen LogP contribution in [-0.4, -0.2) is 9.97 Å². The number of aromatic amines is 2. The van der Waals surface area contributed by atoms with E-state index in [9.17, 15) is 4.79 Å². The SMILES string of the molecule is O=c1c(Cc2ccc3[nH]ccc3c2)c[nH]c2ccc(C#CCc3ccccc3)cc12. The Morgan fingerprint density at radius 2 is 1.67 bits per heavy atom. The Hall–Kier alpha value is -4.03. The smallest absolute Gasteiger partial charge is 0.192 e. The zero-order valence-electron chi connectivity index (χ0n) is 16.4. The highest BCUT2D eigenvalue weighted by molar-refractivity contribution is 5.81. The van der Waals surface area contributed by atoms with E-state index in [4.69, 9.17) is 0 Å². The molecule has 0 bridgehead atoms. The summed E-state index contributed by atoms with van der Waals surface area (Å²) in [4.78, 5) is 19.6. The first-order valence-electron chi connectivity index (χ1n) is 9.99. The molecular formula is C27H20N2O. The predicted octanol–water partition coefficient (Wildman–Crippen LogP) is 5.19. The molecule has 0 aliphatic heterocycles. The molecule has 0 spiro atoms. The van der Waals surface area contributed by atoms with E-state index < -0.39 is 0 Å². The average molecular weight is 388 g/mol. The largest absolute Gasteiger partial charge is 0.361 e. The van der Waals surface area contributed by atoms with E-state index in [1.54, 1.807) is 0 Å². The molecule has 0 aliphatic rings. The maximum absolute atomic E-state index is 13.1. The van der Waals surface area contributed by atoms with E-state index in [0.717, 1.165) is 33.1 Å². The minimum Gasteiger partial charge on any atom is -0.361 e. The van der Waals surface area contributed by atoms with Crippen LogP contribution in [0.15, 0.2) is 90.0 Å².